The van der Waals surface area contributed by atoms with Crippen LogP contribution in [0.3, 0.4) is 0 Å². The number of nitrogens with one attached hydrogen (secondary N) is 1. The van der Waals surface area contributed by atoms with E-state index in [1.807, 2.05) is 4.72 Å². The number of sulfonamides is 1. The Morgan fingerprint density at radius 3 is 2.29 bits per heavy atom. The van der Waals surface area contributed by atoms with Gasteiger partial charge in [0.25, 0.3) is 0 Å². The van der Waals surface area contributed by atoms with Gasteiger partial charge in [0, 0.05) is 4.47 Å². The average molecular weight is 324 g/mol. The van der Waals surface area contributed by atoms with E-state index in [4.69, 9.17) is 10.2 Å². The van der Waals surface area contributed by atoms with Gasteiger partial charge in [-0.1, -0.05) is 15.9 Å². The maximum atomic E-state index is 11.7. The zero-order valence-corrected chi connectivity index (χ0v) is 10.9. The van der Waals surface area contributed by atoms with Crippen LogP contribution in [0.4, 0.5) is 0 Å². The molecule has 0 aliphatic carbocycles. The van der Waals surface area contributed by atoms with E-state index >= 15 is 0 Å². The maximum absolute atomic E-state index is 11.7. The van der Waals surface area contributed by atoms with Crippen molar-refractivity contribution >= 4 is 31.9 Å². The number of rotatable bonds is 5. The second-order valence-electron chi connectivity index (χ2n) is 3.15. The van der Waals surface area contributed by atoms with Crippen molar-refractivity contribution in [2.45, 2.75) is 10.9 Å². The van der Waals surface area contributed by atoms with Crippen LogP contribution in [-0.2, 0) is 14.8 Å². The summed E-state index contributed by atoms with van der Waals surface area (Å²) < 4.78 is 26.0. The summed E-state index contributed by atoms with van der Waals surface area (Å²) in [6.45, 7) is -0.814. The van der Waals surface area contributed by atoms with Crippen LogP contribution in [0.15, 0.2) is 33.6 Å². The van der Waals surface area contributed by atoms with Gasteiger partial charge in [0.1, 0.15) is 6.04 Å². The van der Waals surface area contributed by atoms with Crippen molar-refractivity contribution in [2.24, 2.45) is 0 Å². The quantitative estimate of drug-likeness (QED) is 0.716. The van der Waals surface area contributed by atoms with Crippen LogP contribution in [0, 0.1) is 0 Å². The maximum Gasteiger partial charge on any atom is 0.324 e. The van der Waals surface area contributed by atoms with Crippen LogP contribution < -0.4 is 4.72 Å². The highest BCUT2D eigenvalue weighted by Crippen LogP contribution is 2.14. The van der Waals surface area contributed by atoms with Gasteiger partial charge in [-0.3, -0.25) is 4.79 Å². The summed E-state index contributed by atoms with van der Waals surface area (Å²) in [6, 6.07) is 4.13. The molecule has 0 bridgehead atoms. The van der Waals surface area contributed by atoms with Crippen molar-refractivity contribution in [3.63, 3.8) is 0 Å². The van der Waals surface area contributed by atoms with Crippen LogP contribution in [0.5, 0.6) is 0 Å². The topological polar surface area (TPSA) is 104 Å². The minimum absolute atomic E-state index is 0.0691. The molecular formula is C9H10BrNO5S. The Morgan fingerprint density at radius 2 is 1.88 bits per heavy atom. The first-order valence-corrected chi connectivity index (χ1v) is 6.76. The normalized spacial score (nSPS) is 13.3. The van der Waals surface area contributed by atoms with E-state index < -0.39 is 28.6 Å². The number of carbonyl (C=O) groups is 1. The molecule has 6 nitrogen and oxygen atoms in total. The van der Waals surface area contributed by atoms with Gasteiger partial charge < -0.3 is 10.2 Å². The van der Waals surface area contributed by atoms with E-state index in [-0.39, 0.29) is 4.90 Å². The summed E-state index contributed by atoms with van der Waals surface area (Å²) in [5.41, 5.74) is 0. The monoisotopic (exact) mass is 323 g/mol. The van der Waals surface area contributed by atoms with Gasteiger partial charge in [-0.05, 0) is 24.3 Å². The number of aliphatic hydroxyl groups excluding tert-OH is 1. The van der Waals surface area contributed by atoms with Crippen molar-refractivity contribution in [3.8, 4) is 0 Å². The molecule has 0 spiro atoms. The van der Waals surface area contributed by atoms with E-state index in [0.29, 0.717) is 4.47 Å². The van der Waals surface area contributed by atoms with Crippen molar-refractivity contribution in [2.75, 3.05) is 6.61 Å². The summed E-state index contributed by atoms with van der Waals surface area (Å²) in [5.74, 6) is -1.44. The van der Waals surface area contributed by atoms with Crippen molar-refractivity contribution in [1.29, 1.82) is 0 Å². The van der Waals surface area contributed by atoms with Crippen LogP contribution in [-0.4, -0.2) is 37.2 Å². The lowest BCUT2D eigenvalue weighted by Gasteiger charge is -2.12. The fourth-order valence-electron chi connectivity index (χ4n) is 1.03. The van der Waals surface area contributed by atoms with E-state index in [1.165, 1.54) is 24.3 Å². The number of benzene rings is 1. The first-order valence-electron chi connectivity index (χ1n) is 4.48. The summed E-state index contributed by atoms with van der Waals surface area (Å²) in [4.78, 5) is 10.5. The Labute approximate surface area is 106 Å². The van der Waals surface area contributed by atoms with Crippen molar-refractivity contribution < 1.29 is 23.4 Å². The smallest absolute Gasteiger partial charge is 0.324 e. The third kappa shape index (κ3) is 3.77. The molecule has 1 atom stereocenters. The molecule has 0 saturated heterocycles. The zero-order chi connectivity index (χ0) is 13.1. The molecule has 94 valence electrons. The summed E-state index contributed by atoms with van der Waals surface area (Å²) >= 11 is 3.15. The molecule has 3 N–H and O–H groups in total. The second kappa shape index (κ2) is 5.58. The predicted octanol–water partition coefficient (Wildman–Crippen LogP) is 0.173. The van der Waals surface area contributed by atoms with Crippen LogP contribution >= 0.6 is 15.9 Å². The lowest BCUT2D eigenvalue weighted by molar-refractivity contribution is -0.139. The second-order valence-corrected chi connectivity index (χ2v) is 5.78. The van der Waals surface area contributed by atoms with Gasteiger partial charge in [-0.2, -0.15) is 4.72 Å². The van der Waals surface area contributed by atoms with Gasteiger partial charge >= 0.3 is 5.97 Å². The summed E-state index contributed by atoms with van der Waals surface area (Å²) in [5, 5.41) is 17.4. The first kappa shape index (κ1) is 14.1. The largest absolute Gasteiger partial charge is 0.480 e. The molecule has 0 amide bonds. The van der Waals surface area contributed by atoms with Crippen LogP contribution in [0.2, 0.25) is 0 Å². The molecule has 0 aliphatic heterocycles. The highest BCUT2D eigenvalue weighted by atomic mass is 79.9. The molecule has 0 aromatic heterocycles. The van der Waals surface area contributed by atoms with E-state index in [9.17, 15) is 13.2 Å². The molecule has 0 radical (unpaired) electrons. The molecule has 1 aromatic carbocycles. The lowest BCUT2D eigenvalue weighted by atomic mass is 10.3. The number of aliphatic carboxylic acids is 1. The third-order valence-corrected chi connectivity index (χ3v) is 3.92. The number of carboxylic acids is 1. The molecule has 1 rings (SSSR count). The molecular weight excluding hydrogens is 314 g/mol. The molecule has 0 saturated carbocycles. The van der Waals surface area contributed by atoms with E-state index in [1.54, 1.807) is 0 Å². The molecule has 0 aliphatic rings. The third-order valence-electron chi connectivity index (χ3n) is 1.90. The molecule has 17 heavy (non-hydrogen) atoms. The first-order chi connectivity index (χ1) is 7.86. The van der Waals surface area contributed by atoms with Gasteiger partial charge in [0.05, 0.1) is 11.5 Å². The number of halogens is 1. The number of carboxylic acid groups (broad SMARTS) is 1. The zero-order valence-electron chi connectivity index (χ0n) is 8.50. The van der Waals surface area contributed by atoms with Crippen molar-refractivity contribution in [1.82, 2.24) is 4.72 Å². The van der Waals surface area contributed by atoms with Crippen LogP contribution in [0.1, 0.15) is 0 Å². The molecule has 0 heterocycles. The Balaban J connectivity index is 2.96. The Bertz CT molecular complexity index is 499. The fourth-order valence-corrected chi connectivity index (χ4v) is 2.48. The van der Waals surface area contributed by atoms with Crippen molar-refractivity contribution in [3.05, 3.63) is 28.7 Å². The van der Waals surface area contributed by atoms with Gasteiger partial charge in [0.15, 0.2) is 0 Å². The highest BCUT2D eigenvalue weighted by molar-refractivity contribution is 9.10. The molecule has 0 unspecified atom stereocenters. The van der Waals surface area contributed by atoms with E-state index in [0.717, 1.165) is 0 Å². The lowest BCUT2D eigenvalue weighted by Crippen LogP contribution is -2.43. The average Bonchev–Trinajstić information content (AvgIpc) is 2.26. The number of aliphatic hydroxyl groups is 1. The minimum Gasteiger partial charge on any atom is -0.480 e. The minimum atomic E-state index is -3.95. The SMILES string of the molecule is O=C(O)[C@@H](CO)NS(=O)(=O)c1ccc(Br)cc1. The van der Waals surface area contributed by atoms with Gasteiger partial charge in [0.2, 0.25) is 10.0 Å². The summed E-state index contributed by atoms with van der Waals surface area (Å²) in [7, 11) is -3.95. The van der Waals surface area contributed by atoms with Gasteiger partial charge in [-0.25, -0.2) is 8.42 Å². The molecule has 8 heteroatoms. The van der Waals surface area contributed by atoms with Gasteiger partial charge in [-0.15, -0.1) is 0 Å². The predicted molar refractivity (Wildman–Crippen MR) is 63.0 cm³/mol. The standard InChI is InChI=1S/C9H10BrNO5S/c10-6-1-3-7(4-2-6)17(15,16)11-8(5-12)9(13)14/h1-4,8,11-12H,5H2,(H,13,14)/t8-/m1/s1. The van der Waals surface area contributed by atoms with E-state index in [2.05, 4.69) is 15.9 Å². The number of hydrogen-bond acceptors (Lipinski definition) is 4. The molecule has 1 aromatic rings. The highest BCUT2D eigenvalue weighted by Gasteiger charge is 2.24. The Hall–Kier alpha value is -0.960. The number of hydrogen-bond donors (Lipinski definition) is 3. The van der Waals surface area contributed by atoms with Crippen LogP contribution in [0.25, 0.3) is 0 Å². The fraction of sp³-hybridized carbons (Fsp3) is 0.222. The summed E-state index contributed by atoms with van der Waals surface area (Å²) in [6.07, 6.45) is 0. The Kier molecular flexibility index (Phi) is 4.63. The molecule has 0 fully saturated rings. The Morgan fingerprint density at radius 1 is 1.35 bits per heavy atom.